The molecule has 0 aliphatic carbocycles. The van der Waals surface area contributed by atoms with Gasteiger partial charge in [0.1, 0.15) is 0 Å². The van der Waals surface area contributed by atoms with Gasteiger partial charge in [0.2, 0.25) is 0 Å². The Labute approximate surface area is 110 Å². The van der Waals surface area contributed by atoms with Crippen LogP contribution in [0.15, 0.2) is 22.7 Å². The average molecular weight is 295 g/mol. The van der Waals surface area contributed by atoms with Crippen molar-refractivity contribution in [2.75, 3.05) is 11.9 Å². The van der Waals surface area contributed by atoms with Crippen LogP contribution in [0.2, 0.25) is 0 Å². The summed E-state index contributed by atoms with van der Waals surface area (Å²) in [6.45, 7) is 2.90. The fraction of sp³-hybridized carbons (Fsp3) is 0.462. The quantitative estimate of drug-likeness (QED) is 0.910. The Morgan fingerprint density at radius 2 is 2.29 bits per heavy atom. The van der Waals surface area contributed by atoms with E-state index in [2.05, 4.69) is 34.2 Å². The molecule has 17 heavy (non-hydrogen) atoms. The van der Waals surface area contributed by atoms with Crippen molar-refractivity contribution < 1.29 is 4.74 Å². The molecule has 1 saturated heterocycles. The molecule has 1 aliphatic heterocycles. The van der Waals surface area contributed by atoms with Crippen LogP contribution in [0.25, 0.3) is 0 Å². The maximum Gasteiger partial charge on any atom is 0.0992 e. The molecule has 0 amide bonds. The lowest BCUT2D eigenvalue weighted by Gasteiger charge is -2.28. The number of hydrogen-bond donors (Lipinski definition) is 1. The van der Waals surface area contributed by atoms with Gasteiger partial charge in [-0.3, -0.25) is 0 Å². The molecular formula is C13H15BrN2O. The van der Waals surface area contributed by atoms with Gasteiger partial charge < -0.3 is 10.1 Å². The molecule has 2 rings (SSSR count). The lowest BCUT2D eigenvalue weighted by atomic mass is 10.0. The van der Waals surface area contributed by atoms with Crippen molar-refractivity contribution in [1.82, 2.24) is 0 Å². The van der Waals surface area contributed by atoms with Gasteiger partial charge in [-0.15, -0.1) is 0 Å². The normalized spacial score (nSPS) is 24.1. The van der Waals surface area contributed by atoms with Gasteiger partial charge in [-0.2, -0.15) is 5.26 Å². The lowest BCUT2D eigenvalue weighted by molar-refractivity contribution is 0.0232. The summed E-state index contributed by atoms with van der Waals surface area (Å²) in [4.78, 5) is 0. The second-order valence-corrected chi connectivity index (χ2v) is 5.30. The minimum atomic E-state index is 0.309. The first-order valence-corrected chi connectivity index (χ1v) is 6.55. The third kappa shape index (κ3) is 3.45. The highest BCUT2D eigenvalue weighted by Gasteiger charge is 2.19. The molecule has 90 valence electrons. The Bertz CT molecular complexity index is 442. The summed E-state index contributed by atoms with van der Waals surface area (Å²) in [6.07, 6.45) is 2.33. The summed E-state index contributed by atoms with van der Waals surface area (Å²) in [7, 11) is 0. The highest BCUT2D eigenvalue weighted by Crippen LogP contribution is 2.23. The van der Waals surface area contributed by atoms with Crippen molar-refractivity contribution in [3.05, 3.63) is 28.2 Å². The zero-order valence-corrected chi connectivity index (χ0v) is 11.3. The van der Waals surface area contributed by atoms with Gasteiger partial charge in [0.05, 0.1) is 17.7 Å². The maximum atomic E-state index is 8.92. The number of nitriles is 1. The summed E-state index contributed by atoms with van der Waals surface area (Å²) in [5.41, 5.74) is 1.66. The van der Waals surface area contributed by atoms with E-state index in [-0.39, 0.29) is 0 Å². The fourth-order valence-corrected chi connectivity index (χ4v) is 2.60. The van der Waals surface area contributed by atoms with Crippen LogP contribution < -0.4 is 5.32 Å². The van der Waals surface area contributed by atoms with E-state index in [0.29, 0.717) is 17.7 Å². The molecule has 1 N–H and O–H groups in total. The van der Waals surface area contributed by atoms with Crippen LogP contribution in [-0.2, 0) is 4.74 Å². The lowest BCUT2D eigenvalue weighted by Crippen LogP contribution is -2.32. The van der Waals surface area contributed by atoms with Gasteiger partial charge >= 0.3 is 0 Å². The first kappa shape index (κ1) is 12.4. The third-order valence-corrected chi connectivity index (χ3v) is 3.34. The minimum Gasteiger partial charge on any atom is -0.382 e. The van der Waals surface area contributed by atoms with Crippen LogP contribution in [0.4, 0.5) is 5.69 Å². The van der Waals surface area contributed by atoms with Gasteiger partial charge in [-0.1, -0.05) is 15.9 Å². The summed E-state index contributed by atoms with van der Waals surface area (Å²) in [5.74, 6) is 0. The molecule has 0 bridgehead atoms. The molecule has 0 radical (unpaired) electrons. The van der Waals surface area contributed by atoms with Crippen LogP contribution in [0.1, 0.15) is 25.3 Å². The highest BCUT2D eigenvalue weighted by atomic mass is 79.9. The van der Waals surface area contributed by atoms with Crippen molar-refractivity contribution in [1.29, 1.82) is 5.26 Å². The smallest absolute Gasteiger partial charge is 0.0992 e. The molecular weight excluding hydrogens is 280 g/mol. The van der Waals surface area contributed by atoms with Gasteiger partial charge in [-0.05, 0) is 38.0 Å². The molecule has 2 unspecified atom stereocenters. The van der Waals surface area contributed by atoms with Crippen molar-refractivity contribution in [3.63, 3.8) is 0 Å². The average Bonchev–Trinajstić information content (AvgIpc) is 2.28. The molecule has 2 atom stereocenters. The monoisotopic (exact) mass is 294 g/mol. The fourth-order valence-electron chi connectivity index (χ4n) is 2.10. The molecule has 3 nitrogen and oxygen atoms in total. The molecule has 0 saturated carbocycles. The van der Waals surface area contributed by atoms with Gasteiger partial charge in [0, 0.05) is 22.8 Å². The molecule has 0 aromatic heterocycles. The van der Waals surface area contributed by atoms with E-state index < -0.39 is 0 Å². The third-order valence-electron chi connectivity index (χ3n) is 2.88. The number of benzene rings is 1. The summed E-state index contributed by atoms with van der Waals surface area (Å²) < 4.78 is 6.44. The molecule has 1 aliphatic rings. The van der Waals surface area contributed by atoms with Crippen LogP contribution in [-0.4, -0.2) is 18.8 Å². The van der Waals surface area contributed by atoms with Crippen LogP contribution >= 0.6 is 15.9 Å². The van der Waals surface area contributed by atoms with Crippen molar-refractivity contribution >= 4 is 21.6 Å². The Hall–Kier alpha value is -1.05. The van der Waals surface area contributed by atoms with E-state index in [0.717, 1.165) is 29.6 Å². The maximum absolute atomic E-state index is 8.92. The number of ether oxygens (including phenoxy) is 1. The second-order valence-electron chi connectivity index (χ2n) is 4.39. The largest absolute Gasteiger partial charge is 0.382 e. The van der Waals surface area contributed by atoms with E-state index in [1.165, 1.54) is 0 Å². The molecule has 1 fully saturated rings. The van der Waals surface area contributed by atoms with E-state index in [1.54, 1.807) is 0 Å². The van der Waals surface area contributed by atoms with E-state index in [9.17, 15) is 0 Å². The van der Waals surface area contributed by atoms with E-state index in [4.69, 9.17) is 10.00 Å². The van der Waals surface area contributed by atoms with Crippen LogP contribution in [0.3, 0.4) is 0 Å². The zero-order valence-electron chi connectivity index (χ0n) is 9.74. The number of hydrogen-bond acceptors (Lipinski definition) is 3. The Morgan fingerprint density at radius 1 is 1.47 bits per heavy atom. The molecule has 0 spiro atoms. The van der Waals surface area contributed by atoms with Crippen molar-refractivity contribution in [3.8, 4) is 6.07 Å². The predicted molar refractivity (Wildman–Crippen MR) is 70.9 cm³/mol. The number of anilines is 1. The van der Waals surface area contributed by atoms with E-state index in [1.807, 2.05) is 18.2 Å². The number of rotatable bonds is 2. The Morgan fingerprint density at radius 3 is 3.00 bits per heavy atom. The Balaban J connectivity index is 2.07. The second kappa shape index (κ2) is 5.52. The van der Waals surface area contributed by atoms with E-state index >= 15 is 0 Å². The summed E-state index contributed by atoms with van der Waals surface area (Å²) >= 11 is 3.41. The number of halogens is 1. The van der Waals surface area contributed by atoms with Crippen molar-refractivity contribution in [2.24, 2.45) is 0 Å². The zero-order chi connectivity index (χ0) is 12.3. The molecule has 4 heteroatoms. The first-order chi connectivity index (χ1) is 8.17. The van der Waals surface area contributed by atoms with Crippen molar-refractivity contribution in [2.45, 2.75) is 31.9 Å². The highest BCUT2D eigenvalue weighted by molar-refractivity contribution is 9.10. The molecule has 1 heterocycles. The Kier molecular flexibility index (Phi) is 4.03. The topological polar surface area (TPSA) is 45.0 Å². The minimum absolute atomic E-state index is 0.309. The van der Waals surface area contributed by atoms with Crippen LogP contribution in [0, 0.1) is 11.3 Å². The molecule has 1 aromatic carbocycles. The SMILES string of the molecule is CC1CC(Nc2cc(Br)cc(C#N)c2)CCO1. The standard InChI is InChI=1S/C13H15BrN2O/c1-9-4-12(2-3-17-9)16-13-6-10(8-15)5-11(14)7-13/h5-7,9,12,16H,2-4H2,1H3. The van der Waals surface area contributed by atoms with Crippen LogP contribution in [0.5, 0.6) is 0 Å². The number of nitrogens with zero attached hydrogens (tertiary/aromatic N) is 1. The van der Waals surface area contributed by atoms with Gasteiger partial charge in [0.15, 0.2) is 0 Å². The first-order valence-electron chi connectivity index (χ1n) is 5.76. The summed E-state index contributed by atoms with van der Waals surface area (Å²) in [5, 5.41) is 12.4. The molecule has 1 aromatic rings. The predicted octanol–water partition coefficient (Wildman–Crippen LogP) is 3.30. The van der Waals surface area contributed by atoms with Gasteiger partial charge in [-0.25, -0.2) is 0 Å². The number of nitrogens with one attached hydrogen (secondary N) is 1. The summed E-state index contributed by atoms with van der Waals surface area (Å²) in [6, 6.07) is 8.29. The van der Waals surface area contributed by atoms with Gasteiger partial charge in [0.25, 0.3) is 0 Å².